The van der Waals surface area contributed by atoms with E-state index in [-0.39, 0.29) is 11.3 Å². The molecule has 144 valence electrons. The number of benzene rings is 2. The van der Waals surface area contributed by atoms with Crippen molar-refractivity contribution in [3.8, 4) is 17.2 Å². The van der Waals surface area contributed by atoms with E-state index in [4.69, 9.17) is 21.1 Å². The zero-order valence-electron chi connectivity index (χ0n) is 15.3. The van der Waals surface area contributed by atoms with Crippen molar-refractivity contribution in [2.24, 2.45) is 7.05 Å². The number of halogens is 1. The van der Waals surface area contributed by atoms with Crippen LogP contribution in [0.15, 0.2) is 59.4 Å². The van der Waals surface area contributed by atoms with Crippen LogP contribution in [0.25, 0.3) is 0 Å². The van der Waals surface area contributed by atoms with Crippen LogP contribution in [0, 0.1) is 0 Å². The number of carbonyl (C=O) groups excluding carboxylic acids is 1. The van der Waals surface area contributed by atoms with Gasteiger partial charge in [0.2, 0.25) is 0 Å². The van der Waals surface area contributed by atoms with E-state index in [0.717, 1.165) is 10.4 Å². The summed E-state index contributed by atoms with van der Waals surface area (Å²) in [6.07, 6.45) is 0. The van der Waals surface area contributed by atoms with Crippen molar-refractivity contribution in [3.63, 3.8) is 0 Å². The molecule has 0 spiro atoms. The summed E-state index contributed by atoms with van der Waals surface area (Å²) >= 11 is 6.07. The molecule has 28 heavy (non-hydrogen) atoms. The van der Waals surface area contributed by atoms with Gasteiger partial charge in [-0.15, -0.1) is 0 Å². The highest BCUT2D eigenvalue weighted by atomic mass is 35.5. The molecule has 1 heterocycles. The van der Waals surface area contributed by atoms with Crippen LogP contribution in [0.4, 0.5) is 5.69 Å². The number of nitrogens with zero attached hydrogens (tertiary/aromatic N) is 2. The molecule has 3 rings (SSSR count). The number of amides is 1. The van der Waals surface area contributed by atoms with Crippen LogP contribution in [0.1, 0.15) is 17.4 Å². The average molecular weight is 400 g/mol. The fourth-order valence-electron chi connectivity index (χ4n) is 2.40. The van der Waals surface area contributed by atoms with Crippen LogP contribution in [0.2, 0.25) is 5.02 Å². The lowest BCUT2D eigenvalue weighted by Gasteiger charge is -2.13. The first kappa shape index (κ1) is 19.4. The summed E-state index contributed by atoms with van der Waals surface area (Å²) in [7, 11) is 1.47. The molecule has 1 amide bonds. The standard InChI is InChI=1S/C20H18ClN3O4/c1-3-27-14-5-7-15(8-6-14)28-18-10-4-13(21)12-17(18)22-20(26)16-9-11-19(25)24(2)23-16/h4-12H,3H2,1-2H3,(H,22,26). The van der Waals surface area contributed by atoms with Crippen LogP contribution < -0.4 is 20.3 Å². The summed E-state index contributed by atoms with van der Waals surface area (Å²) in [6, 6.07) is 14.6. The van der Waals surface area contributed by atoms with E-state index >= 15 is 0 Å². The Morgan fingerprint density at radius 2 is 1.82 bits per heavy atom. The maximum atomic E-state index is 12.5. The number of carbonyl (C=O) groups is 1. The van der Waals surface area contributed by atoms with E-state index in [0.29, 0.717) is 28.8 Å². The molecule has 0 saturated heterocycles. The van der Waals surface area contributed by atoms with Gasteiger partial charge in [-0.3, -0.25) is 9.59 Å². The lowest BCUT2D eigenvalue weighted by Crippen LogP contribution is -2.23. The Morgan fingerprint density at radius 3 is 2.50 bits per heavy atom. The highest BCUT2D eigenvalue weighted by Crippen LogP contribution is 2.33. The Bertz CT molecular complexity index is 1050. The summed E-state index contributed by atoms with van der Waals surface area (Å²) in [5.41, 5.74) is 0.162. The first-order valence-electron chi connectivity index (χ1n) is 8.52. The number of nitrogens with one attached hydrogen (secondary N) is 1. The van der Waals surface area contributed by atoms with E-state index in [2.05, 4.69) is 10.4 Å². The Balaban J connectivity index is 1.82. The van der Waals surface area contributed by atoms with E-state index in [1.807, 2.05) is 6.92 Å². The lowest BCUT2D eigenvalue weighted by atomic mass is 10.2. The van der Waals surface area contributed by atoms with E-state index < -0.39 is 5.91 Å². The van der Waals surface area contributed by atoms with Gasteiger partial charge in [0.1, 0.15) is 17.2 Å². The van der Waals surface area contributed by atoms with Gasteiger partial charge in [-0.2, -0.15) is 5.10 Å². The molecular weight excluding hydrogens is 382 g/mol. The predicted octanol–water partition coefficient (Wildman–Crippen LogP) is 3.88. The molecule has 0 radical (unpaired) electrons. The molecule has 2 aromatic carbocycles. The number of ether oxygens (including phenoxy) is 2. The molecule has 7 nitrogen and oxygen atoms in total. The number of aromatic nitrogens is 2. The van der Waals surface area contributed by atoms with Gasteiger partial charge in [0.05, 0.1) is 12.3 Å². The van der Waals surface area contributed by atoms with Crippen molar-refractivity contribution in [1.29, 1.82) is 0 Å². The Morgan fingerprint density at radius 1 is 1.11 bits per heavy atom. The largest absolute Gasteiger partial charge is 0.494 e. The minimum Gasteiger partial charge on any atom is -0.494 e. The van der Waals surface area contributed by atoms with Crippen molar-refractivity contribution in [2.45, 2.75) is 6.92 Å². The molecule has 1 N–H and O–H groups in total. The summed E-state index contributed by atoms with van der Waals surface area (Å²) in [5, 5.41) is 7.08. The lowest BCUT2D eigenvalue weighted by molar-refractivity contribution is 0.101. The average Bonchev–Trinajstić information content (AvgIpc) is 2.67. The van der Waals surface area contributed by atoms with Crippen LogP contribution >= 0.6 is 11.6 Å². The molecule has 0 aliphatic heterocycles. The van der Waals surface area contributed by atoms with E-state index in [9.17, 15) is 9.59 Å². The fraction of sp³-hybridized carbons (Fsp3) is 0.150. The predicted molar refractivity (Wildman–Crippen MR) is 107 cm³/mol. The third kappa shape index (κ3) is 4.69. The number of aryl methyl sites for hydroxylation is 1. The van der Waals surface area contributed by atoms with Gasteiger partial charge in [-0.05, 0) is 55.5 Å². The maximum Gasteiger partial charge on any atom is 0.276 e. The second-order valence-electron chi connectivity index (χ2n) is 5.78. The quantitative estimate of drug-likeness (QED) is 0.680. The third-order valence-electron chi connectivity index (χ3n) is 3.75. The molecule has 3 aromatic rings. The minimum absolute atomic E-state index is 0.0918. The molecular formula is C20H18ClN3O4. The van der Waals surface area contributed by atoms with Gasteiger partial charge < -0.3 is 14.8 Å². The first-order valence-corrected chi connectivity index (χ1v) is 8.90. The SMILES string of the molecule is CCOc1ccc(Oc2ccc(Cl)cc2NC(=O)c2ccc(=O)n(C)n2)cc1. The normalized spacial score (nSPS) is 10.4. The second kappa shape index (κ2) is 8.58. The first-order chi connectivity index (χ1) is 13.5. The second-order valence-corrected chi connectivity index (χ2v) is 6.22. The molecule has 0 aliphatic carbocycles. The van der Waals surface area contributed by atoms with E-state index in [1.165, 1.54) is 19.2 Å². The van der Waals surface area contributed by atoms with Crippen LogP contribution in [-0.4, -0.2) is 22.3 Å². The van der Waals surface area contributed by atoms with Crippen LogP contribution in [-0.2, 0) is 7.05 Å². The Kier molecular flexibility index (Phi) is 5.96. The van der Waals surface area contributed by atoms with Gasteiger partial charge in [0.15, 0.2) is 5.75 Å². The zero-order valence-corrected chi connectivity index (χ0v) is 16.1. The number of anilines is 1. The van der Waals surface area contributed by atoms with Crippen LogP contribution in [0.5, 0.6) is 17.2 Å². The van der Waals surface area contributed by atoms with Gasteiger partial charge >= 0.3 is 0 Å². The summed E-state index contributed by atoms with van der Waals surface area (Å²) in [5.74, 6) is 1.22. The van der Waals surface area contributed by atoms with Gasteiger partial charge in [0.25, 0.3) is 11.5 Å². The van der Waals surface area contributed by atoms with Gasteiger partial charge in [-0.1, -0.05) is 11.6 Å². The van der Waals surface area contributed by atoms with Crippen molar-refractivity contribution < 1.29 is 14.3 Å². The molecule has 0 fully saturated rings. The van der Waals surface area contributed by atoms with E-state index in [1.54, 1.807) is 42.5 Å². The van der Waals surface area contributed by atoms with Crippen molar-refractivity contribution in [3.05, 3.63) is 75.7 Å². The Hall–Kier alpha value is -3.32. The third-order valence-corrected chi connectivity index (χ3v) is 3.98. The van der Waals surface area contributed by atoms with Gasteiger partial charge in [0, 0.05) is 18.1 Å². The number of hydrogen-bond acceptors (Lipinski definition) is 5. The summed E-state index contributed by atoms with van der Waals surface area (Å²) in [6.45, 7) is 2.49. The molecule has 1 aromatic heterocycles. The monoisotopic (exact) mass is 399 g/mol. The summed E-state index contributed by atoms with van der Waals surface area (Å²) in [4.78, 5) is 23.9. The summed E-state index contributed by atoms with van der Waals surface area (Å²) < 4.78 is 12.4. The number of hydrogen-bond donors (Lipinski definition) is 1. The van der Waals surface area contributed by atoms with Crippen molar-refractivity contribution in [2.75, 3.05) is 11.9 Å². The number of rotatable bonds is 6. The molecule has 0 unspecified atom stereocenters. The molecule has 0 bridgehead atoms. The molecule has 8 heteroatoms. The molecule has 0 aliphatic rings. The highest BCUT2D eigenvalue weighted by Gasteiger charge is 2.13. The van der Waals surface area contributed by atoms with Crippen LogP contribution in [0.3, 0.4) is 0 Å². The Labute approximate surface area is 166 Å². The smallest absolute Gasteiger partial charge is 0.276 e. The maximum absolute atomic E-state index is 12.5. The molecule has 0 saturated carbocycles. The zero-order chi connectivity index (χ0) is 20.1. The van der Waals surface area contributed by atoms with Crippen molar-refractivity contribution >= 4 is 23.2 Å². The fourth-order valence-corrected chi connectivity index (χ4v) is 2.57. The topological polar surface area (TPSA) is 82.5 Å². The highest BCUT2D eigenvalue weighted by molar-refractivity contribution is 6.31. The van der Waals surface area contributed by atoms with Gasteiger partial charge in [-0.25, -0.2) is 4.68 Å². The van der Waals surface area contributed by atoms with Crippen molar-refractivity contribution in [1.82, 2.24) is 9.78 Å². The molecule has 0 atom stereocenters. The minimum atomic E-state index is -0.491.